The molecule has 1 amide bonds. The second-order valence-corrected chi connectivity index (χ2v) is 9.23. The monoisotopic (exact) mass is 461 g/mol. The molecule has 1 aliphatic carbocycles. The molecule has 1 aromatic heterocycles. The zero-order valence-electron chi connectivity index (χ0n) is 19.6. The number of nitrogens with zero attached hydrogens (tertiary/aromatic N) is 2. The number of nitrogens with one attached hydrogen (secondary N) is 1. The van der Waals surface area contributed by atoms with Crippen molar-refractivity contribution in [3.8, 4) is 11.5 Å². The summed E-state index contributed by atoms with van der Waals surface area (Å²) >= 11 is 0. The number of rotatable bonds is 8. The van der Waals surface area contributed by atoms with E-state index in [0.29, 0.717) is 36.3 Å². The Labute approximate surface area is 200 Å². The average Bonchev–Trinajstić information content (AvgIpc) is 3.52. The maximum Gasteiger partial charge on any atom is 0.273 e. The first kappa shape index (κ1) is 22.5. The number of benzene rings is 2. The summed E-state index contributed by atoms with van der Waals surface area (Å²) in [6.45, 7) is 4.23. The van der Waals surface area contributed by atoms with Crippen LogP contribution in [-0.4, -0.2) is 28.8 Å². The van der Waals surface area contributed by atoms with Crippen LogP contribution in [0.2, 0.25) is 0 Å². The lowest BCUT2D eigenvalue weighted by atomic mass is 9.93. The number of aromatic nitrogens is 1. The topological polar surface area (TPSA) is 76.8 Å². The molecule has 7 heteroatoms. The van der Waals surface area contributed by atoms with Crippen LogP contribution in [0, 0.1) is 6.92 Å². The Balaban J connectivity index is 1.22. The Morgan fingerprint density at radius 2 is 1.85 bits per heavy atom. The van der Waals surface area contributed by atoms with E-state index < -0.39 is 0 Å². The Hall–Kier alpha value is -3.32. The van der Waals surface area contributed by atoms with E-state index in [1.807, 2.05) is 18.2 Å². The maximum absolute atomic E-state index is 12.7. The van der Waals surface area contributed by atoms with Crippen LogP contribution >= 0.6 is 0 Å². The van der Waals surface area contributed by atoms with Gasteiger partial charge in [0.05, 0.1) is 6.54 Å². The number of carbonyl (C=O) groups excluding carboxylic acids is 1. The third-order valence-corrected chi connectivity index (χ3v) is 6.60. The number of hydrogen-bond donors (Lipinski definition) is 1. The maximum atomic E-state index is 12.7. The van der Waals surface area contributed by atoms with Crippen LogP contribution in [0.1, 0.15) is 65.0 Å². The molecule has 0 radical (unpaired) electrons. The molecule has 2 aromatic carbocycles. The lowest BCUT2D eigenvalue weighted by molar-refractivity contribution is 0.0941. The molecule has 0 unspecified atom stereocenters. The Kier molecular flexibility index (Phi) is 6.81. The zero-order chi connectivity index (χ0) is 23.3. The summed E-state index contributed by atoms with van der Waals surface area (Å²) in [6, 6.07) is 16.6. The molecule has 1 fully saturated rings. The van der Waals surface area contributed by atoms with Crippen molar-refractivity contribution in [2.75, 3.05) is 6.79 Å². The van der Waals surface area contributed by atoms with E-state index in [9.17, 15) is 4.79 Å². The fourth-order valence-corrected chi connectivity index (χ4v) is 4.82. The normalized spacial score (nSPS) is 15.6. The SMILES string of the molecule is Cc1cccc(CN(Cc2cc(C(=O)NCc3ccc4c(c3)OCO4)no2)C2CCCCC2)c1. The van der Waals surface area contributed by atoms with Crippen molar-refractivity contribution in [1.29, 1.82) is 0 Å². The highest BCUT2D eigenvalue weighted by Gasteiger charge is 2.24. The van der Waals surface area contributed by atoms with E-state index in [1.54, 1.807) is 6.07 Å². The summed E-state index contributed by atoms with van der Waals surface area (Å²) in [6.07, 6.45) is 6.23. The highest BCUT2D eigenvalue weighted by atomic mass is 16.7. The Morgan fingerprint density at radius 3 is 2.71 bits per heavy atom. The highest BCUT2D eigenvalue weighted by molar-refractivity contribution is 5.92. The van der Waals surface area contributed by atoms with Crippen molar-refractivity contribution in [3.05, 3.63) is 76.7 Å². The van der Waals surface area contributed by atoms with E-state index in [4.69, 9.17) is 14.0 Å². The molecule has 0 bridgehead atoms. The van der Waals surface area contributed by atoms with Crippen LogP contribution in [-0.2, 0) is 19.6 Å². The van der Waals surface area contributed by atoms with Crippen LogP contribution in [0.25, 0.3) is 0 Å². The molecule has 1 saturated carbocycles. The summed E-state index contributed by atoms with van der Waals surface area (Å²) in [4.78, 5) is 15.2. The molecule has 2 aliphatic rings. The van der Waals surface area contributed by atoms with Crippen LogP contribution in [0.15, 0.2) is 53.1 Å². The second kappa shape index (κ2) is 10.3. The fraction of sp³-hybridized carbons (Fsp3) is 0.407. The lowest BCUT2D eigenvalue weighted by Gasteiger charge is -2.33. The number of ether oxygens (including phenoxy) is 2. The quantitative estimate of drug-likeness (QED) is 0.510. The van der Waals surface area contributed by atoms with E-state index in [0.717, 1.165) is 17.9 Å². The van der Waals surface area contributed by atoms with E-state index >= 15 is 0 Å². The van der Waals surface area contributed by atoms with Gasteiger partial charge in [0, 0.05) is 25.2 Å². The minimum atomic E-state index is -0.254. The molecule has 2 heterocycles. The van der Waals surface area contributed by atoms with Gasteiger partial charge >= 0.3 is 0 Å². The third-order valence-electron chi connectivity index (χ3n) is 6.60. The predicted octanol–water partition coefficient (Wildman–Crippen LogP) is 4.98. The van der Waals surface area contributed by atoms with Crippen molar-refractivity contribution < 1.29 is 18.8 Å². The molecule has 0 saturated heterocycles. The molecule has 3 aromatic rings. The Bertz CT molecular complexity index is 1140. The zero-order valence-corrected chi connectivity index (χ0v) is 19.6. The van der Waals surface area contributed by atoms with Gasteiger partial charge in [0.25, 0.3) is 5.91 Å². The summed E-state index contributed by atoms with van der Waals surface area (Å²) in [5.41, 5.74) is 3.80. The standard InChI is InChI=1S/C27H31N3O4/c1-19-6-5-7-21(12-19)16-30(22-8-3-2-4-9-22)17-23-14-24(29-34-23)27(31)28-15-20-10-11-25-26(13-20)33-18-32-25/h5-7,10-14,22H,2-4,8-9,15-18H2,1H3,(H,28,31). The minimum Gasteiger partial charge on any atom is -0.454 e. The second-order valence-electron chi connectivity index (χ2n) is 9.23. The van der Waals surface area contributed by atoms with Crippen LogP contribution in [0.4, 0.5) is 0 Å². The number of aryl methyl sites for hydroxylation is 1. The largest absolute Gasteiger partial charge is 0.454 e. The number of amides is 1. The smallest absolute Gasteiger partial charge is 0.273 e. The molecule has 34 heavy (non-hydrogen) atoms. The van der Waals surface area contributed by atoms with E-state index in [2.05, 4.69) is 46.6 Å². The van der Waals surface area contributed by atoms with Gasteiger partial charge in [0.2, 0.25) is 6.79 Å². The van der Waals surface area contributed by atoms with Crippen molar-refractivity contribution in [3.63, 3.8) is 0 Å². The minimum absolute atomic E-state index is 0.231. The van der Waals surface area contributed by atoms with Gasteiger partial charge in [0.15, 0.2) is 23.0 Å². The van der Waals surface area contributed by atoms with Gasteiger partial charge in [-0.3, -0.25) is 9.69 Å². The lowest BCUT2D eigenvalue weighted by Crippen LogP contribution is -2.35. The molecule has 1 aliphatic heterocycles. The van der Waals surface area contributed by atoms with Crippen molar-refractivity contribution in [1.82, 2.24) is 15.4 Å². The van der Waals surface area contributed by atoms with Gasteiger partial charge in [-0.15, -0.1) is 0 Å². The molecule has 0 spiro atoms. The number of fused-ring (bicyclic) bond motifs is 1. The first-order valence-electron chi connectivity index (χ1n) is 12.1. The summed E-state index contributed by atoms with van der Waals surface area (Å²) in [5.74, 6) is 1.89. The van der Waals surface area contributed by atoms with Gasteiger partial charge in [-0.1, -0.05) is 60.3 Å². The number of hydrogen-bond acceptors (Lipinski definition) is 6. The molecular formula is C27H31N3O4. The Morgan fingerprint density at radius 1 is 1.00 bits per heavy atom. The van der Waals surface area contributed by atoms with Gasteiger partial charge < -0.3 is 19.3 Å². The van der Waals surface area contributed by atoms with Crippen LogP contribution < -0.4 is 14.8 Å². The highest BCUT2D eigenvalue weighted by Crippen LogP contribution is 2.32. The molecular weight excluding hydrogens is 430 g/mol. The first-order chi connectivity index (χ1) is 16.6. The van der Waals surface area contributed by atoms with Crippen LogP contribution in [0.5, 0.6) is 11.5 Å². The van der Waals surface area contributed by atoms with Crippen molar-refractivity contribution >= 4 is 5.91 Å². The molecule has 0 atom stereocenters. The average molecular weight is 462 g/mol. The first-order valence-corrected chi connectivity index (χ1v) is 12.1. The van der Waals surface area contributed by atoms with Gasteiger partial charge in [-0.25, -0.2) is 0 Å². The molecule has 5 rings (SSSR count). The predicted molar refractivity (Wildman–Crippen MR) is 128 cm³/mol. The molecule has 7 nitrogen and oxygen atoms in total. The van der Waals surface area contributed by atoms with Crippen LogP contribution in [0.3, 0.4) is 0 Å². The fourth-order valence-electron chi connectivity index (χ4n) is 4.82. The summed E-state index contributed by atoms with van der Waals surface area (Å²) in [5, 5.41) is 6.96. The van der Waals surface area contributed by atoms with Gasteiger partial charge in [-0.05, 0) is 43.0 Å². The van der Waals surface area contributed by atoms with E-state index in [-0.39, 0.29) is 12.7 Å². The van der Waals surface area contributed by atoms with E-state index in [1.165, 1.54) is 43.2 Å². The molecule has 178 valence electrons. The van der Waals surface area contributed by atoms with Gasteiger partial charge in [0.1, 0.15) is 0 Å². The van der Waals surface area contributed by atoms with Crippen molar-refractivity contribution in [2.45, 2.75) is 64.7 Å². The molecule has 1 N–H and O–H groups in total. The summed E-state index contributed by atoms with van der Waals surface area (Å²) in [7, 11) is 0. The van der Waals surface area contributed by atoms with Gasteiger partial charge in [-0.2, -0.15) is 0 Å². The summed E-state index contributed by atoms with van der Waals surface area (Å²) < 4.78 is 16.3. The number of carbonyl (C=O) groups is 1. The third kappa shape index (κ3) is 5.42. The van der Waals surface area contributed by atoms with Crippen molar-refractivity contribution in [2.24, 2.45) is 0 Å².